The number of hydrogen-bond donors (Lipinski definition) is 1. The number of fused-ring (bicyclic) bond motifs is 3. The van der Waals surface area contributed by atoms with Crippen molar-refractivity contribution in [3.63, 3.8) is 0 Å². The molecule has 1 heterocycles. The first-order valence-corrected chi connectivity index (χ1v) is 8.83. The van der Waals surface area contributed by atoms with E-state index in [4.69, 9.17) is 0 Å². The van der Waals surface area contributed by atoms with Crippen molar-refractivity contribution in [3.8, 4) is 0 Å². The van der Waals surface area contributed by atoms with Crippen molar-refractivity contribution in [2.45, 2.75) is 50.6 Å². The van der Waals surface area contributed by atoms with Crippen LogP contribution in [0.15, 0.2) is 24.3 Å². The van der Waals surface area contributed by atoms with Crippen LogP contribution in [0.4, 0.5) is 0 Å². The Morgan fingerprint density at radius 3 is 2.29 bits per heavy atom. The Morgan fingerprint density at radius 2 is 1.67 bits per heavy atom. The van der Waals surface area contributed by atoms with Crippen molar-refractivity contribution >= 4 is 0 Å². The maximum absolute atomic E-state index is 3.51. The highest BCUT2D eigenvalue weighted by Crippen LogP contribution is 2.43. The van der Waals surface area contributed by atoms with Gasteiger partial charge >= 0.3 is 0 Å². The maximum atomic E-state index is 3.51. The average molecular weight is 284 g/mol. The highest BCUT2D eigenvalue weighted by atomic mass is 15.2. The summed E-state index contributed by atoms with van der Waals surface area (Å²) >= 11 is 0. The summed E-state index contributed by atoms with van der Waals surface area (Å²) in [5.41, 5.74) is 3.27. The van der Waals surface area contributed by atoms with Gasteiger partial charge in [-0.15, -0.1) is 0 Å². The van der Waals surface area contributed by atoms with E-state index in [1.54, 1.807) is 11.1 Å². The highest BCUT2D eigenvalue weighted by molar-refractivity contribution is 5.31. The van der Waals surface area contributed by atoms with E-state index >= 15 is 0 Å². The van der Waals surface area contributed by atoms with Crippen molar-refractivity contribution in [2.24, 2.45) is 11.8 Å². The van der Waals surface area contributed by atoms with Gasteiger partial charge in [0.15, 0.2) is 0 Å². The second-order valence-corrected chi connectivity index (χ2v) is 7.39. The van der Waals surface area contributed by atoms with Crippen LogP contribution in [0.2, 0.25) is 0 Å². The van der Waals surface area contributed by atoms with Gasteiger partial charge in [-0.2, -0.15) is 0 Å². The zero-order valence-electron chi connectivity index (χ0n) is 13.2. The Hall–Kier alpha value is -0.860. The van der Waals surface area contributed by atoms with Gasteiger partial charge < -0.3 is 5.32 Å². The second-order valence-electron chi connectivity index (χ2n) is 7.39. The van der Waals surface area contributed by atoms with E-state index in [0.717, 1.165) is 17.9 Å². The molecule has 114 valence electrons. The molecule has 1 aromatic carbocycles. The minimum atomic E-state index is 0.712. The minimum absolute atomic E-state index is 0.712. The number of likely N-dealkylation sites (tertiary alicyclic amines) is 1. The third kappa shape index (κ3) is 2.53. The topological polar surface area (TPSA) is 15.3 Å². The van der Waals surface area contributed by atoms with Crippen LogP contribution in [-0.4, -0.2) is 37.1 Å². The Kier molecular flexibility index (Phi) is 3.76. The van der Waals surface area contributed by atoms with Gasteiger partial charge in [-0.25, -0.2) is 0 Å². The van der Waals surface area contributed by atoms with E-state index in [1.807, 2.05) is 0 Å². The maximum Gasteiger partial charge on any atom is 0.0192 e. The summed E-state index contributed by atoms with van der Waals surface area (Å²) in [5.74, 6) is 1.79. The van der Waals surface area contributed by atoms with Crippen LogP contribution in [0.3, 0.4) is 0 Å². The van der Waals surface area contributed by atoms with Crippen LogP contribution in [0.25, 0.3) is 0 Å². The molecule has 0 radical (unpaired) electrons. The van der Waals surface area contributed by atoms with Gasteiger partial charge in [-0.05, 0) is 75.1 Å². The molecule has 4 rings (SSSR count). The molecule has 1 aromatic rings. The number of benzene rings is 1. The molecule has 0 aromatic heterocycles. The first kappa shape index (κ1) is 13.8. The summed E-state index contributed by atoms with van der Waals surface area (Å²) < 4.78 is 0. The fraction of sp³-hybridized carbons (Fsp3) is 0.684. The third-order valence-electron chi connectivity index (χ3n) is 6.24. The summed E-state index contributed by atoms with van der Waals surface area (Å²) in [6, 6.07) is 10.8. The minimum Gasteiger partial charge on any atom is -0.316 e. The number of nitrogens with zero attached hydrogens (tertiary/aromatic N) is 1. The van der Waals surface area contributed by atoms with Crippen LogP contribution in [0, 0.1) is 11.8 Å². The van der Waals surface area contributed by atoms with E-state index in [9.17, 15) is 0 Å². The Bertz CT molecular complexity index is 465. The predicted octanol–water partition coefficient (Wildman–Crippen LogP) is 2.86. The van der Waals surface area contributed by atoms with E-state index in [-0.39, 0.29) is 0 Å². The Balaban J connectivity index is 1.57. The van der Waals surface area contributed by atoms with Gasteiger partial charge in [0.2, 0.25) is 0 Å². The van der Waals surface area contributed by atoms with Crippen molar-refractivity contribution in [1.29, 1.82) is 0 Å². The number of hydrogen-bond acceptors (Lipinski definition) is 2. The van der Waals surface area contributed by atoms with E-state index in [2.05, 4.69) is 41.5 Å². The lowest BCUT2D eigenvalue weighted by Crippen LogP contribution is -2.51. The molecular weight excluding hydrogens is 256 g/mol. The highest BCUT2D eigenvalue weighted by Gasteiger charge is 2.42. The third-order valence-corrected chi connectivity index (χ3v) is 6.24. The molecule has 2 heteroatoms. The zero-order valence-corrected chi connectivity index (χ0v) is 13.2. The molecule has 0 spiro atoms. The quantitative estimate of drug-likeness (QED) is 0.898. The van der Waals surface area contributed by atoms with Gasteiger partial charge in [0.25, 0.3) is 0 Å². The molecule has 1 saturated heterocycles. The smallest absolute Gasteiger partial charge is 0.0192 e. The van der Waals surface area contributed by atoms with Crippen molar-refractivity contribution < 1.29 is 0 Å². The summed E-state index contributed by atoms with van der Waals surface area (Å²) in [5, 5.41) is 3.51. The monoisotopic (exact) mass is 284 g/mol. The Labute approximate surface area is 128 Å². The molecule has 2 fully saturated rings. The molecule has 0 amide bonds. The lowest BCUT2D eigenvalue weighted by atomic mass is 9.91. The van der Waals surface area contributed by atoms with E-state index in [0.29, 0.717) is 6.04 Å². The van der Waals surface area contributed by atoms with Crippen molar-refractivity contribution in [3.05, 3.63) is 35.4 Å². The van der Waals surface area contributed by atoms with Gasteiger partial charge in [0.1, 0.15) is 0 Å². The van der Waals surface area contributed by atoms with E-state index in [1.165, 1.54) is 51.6 Å². The molecule has 1 saturated carbocycles. The van der Waals surface area contributed by atoms with Gasteiger partial charge in [0.05, 0.1) is 0 Å². The number of likely N-dealkylation sites (N-methyl/N-ethyl adjacent to an activating group) is 1. The fourth-order valence-electron chi connectivity index (χ4n) is 5.23. The van der Waals surface area contributed by atoms with Gasteiger partial charge in [-0.3, -0.25) is 4.90 Å². The molecule has 2 bridgehead atoms. The number of piperidine rings is 1. The van der Waals surface area contributed by atoms with E-state index < -0.39 is 0 Å². The average Bonchev–Trinajstić information content (AvgIpc) is 2.82. The van der Waals surface area contributed by atoms with Crippen LogP contribution >= 0.6 is 0 Å². The largest absolute Gasteiger partial charge is 0.316 e. The predicted molar refractivity (Wildman–Crippen MR) is 87.5 cm³/mol. The summed E-state index contributed by atoms with van der Waals surface area (Å²) in [6.45, 7) is 2.59. The lowest BCUT2D eigenvalue weighted by Gasteiger charge is -2.41. The van der Waals surface area contributed by atoms with Gasteiger partial charge in [-0.1, -0.05) is 24.3 Å². The lowest BCUT2D eigenvalue weighted by molar-refractivity contribution is 0.0894. The molecule has 3 unspecified atom stereocenters. The van der Waals surface area contributed by atoms with Crippen molar-refractivity contribution in [1.82, 2.24) is 10.2 Å². The number of rotatable bonds is 2. The number of nitrogens with one attached hydrogen (secondary N) is 1. The van der Waals surface area contributed by atoms with Crippen LogP contribution in [0.1, 0.15) is 36.8 Å². The molecule has 3 atom stereocenters. The van der Waals surface area contributed by atoms with Crippen molar-refractivity contribution in [2.75, 3.05) is 20.1 Å². The molecule has 21 heavy (non-hydrogen) atoms. The SMILES string of the molecule is CNC1CCCN(C2C3CCC2Cc2ccccc2C3)C1. The molecule has 2 nitrogen and oxygen atoms in total. The fourth-order valence-corrected chi connectivity index (χ4v) is 5.23. The molecule has 1 aliphatic heterocycles. The van der Waals surface area contributed by atoms with Crippen LogP contribution in [0.5, 0.6) is 0 Å². The van der Waals surface area contributed by atoms with Crippen LogP contribution in [-0.2, 0) is 12.8 Å². The standard InChI is InChI=1S/C19H28N2/c1-20-18-7-4-10-21(13-18)19-16-8-9-17(19)12-15-6-3-2-5-14(15)11-16/h2-3,5-6,16-20H,4,7-13H2,1H3. The molecule has 1 N–H and O–H groups in total. The summed E-state index contributed by atoms with van der Waals surface area (Å²) in [6.07, 6.45) is 8.26. The molecule has 2 aliphatic carbocycles. The molecular formula is C19H28N2. The summed E-state index contributed by atoms with van der Waals surface area (Å²) in [7, 11) is 2.13. The normalized spacial score (nSPS) is 36.2. The first-order valence-electron chi connectivity index (χ1n) is 8.83. The van der Waals surface area contributed by atoms with Gasteiger partial charge in [0, 0.05) is 18.6 Å². The first-order chi connectivity index (χ1) is 10.3. The molecule has 3 aliphatic rings. The summed E-state index contributed by atoms with van der Waals surface area (Å²) in [4.78, 5) is 2.85. The zero-order chi connectivity index (χ0) is 14.2. The van der Waals surface area contributed by atoms with Crippen LogP contribution < -0.4 is 5.32 Å². The Morgan fingerprint density at radius 1 is 1.00 bits per heavy atom. The second kappa shape index (κ2) is 5.73.